The van der Waals surface area contributed by atoms with Crippen molar-refractivity contribution in [3.8, 4) is 0 Å². The van der Waals surface area contributed by atoms with E-state index in [-0.39, 0.29) is 0 Å². The Balaban J connectivity index is 2.42. The second-order valence-corrected chi connectivity index (χ2v) is 5.01. The third-order valence-corrected chi connectivity index (χ3v) is 4.08. The van der Waals surface area contributed by atoms with E-state index in [0.29, 0.717) is 0 Å². The monoisotopic (exact) mass is 242 g/mol. The van der Waals surface area contributed by atoms with E-state index in [1.807, 2.05) is 11.8 Å². The normalized spacial score (nSPS) is 16.8. The molecule has 0 nitrogen and oxygen atoms in total. The average Bonchev–Trinajstić information content (AvgIpc) is 2.30. The highest BCUT2D eigenvalue weighted by atomic mass is 79.9. The molecule has 1 heterocycles. The molecule has 0 aliphatic carbocycles. The third kappa shape index (κ3) is 1.69. The molecular formula is C10H11BrS. The molecule has 0 unspecified atom stereocenters. The lowest BCUT2D eigenvalue weighted by Gasteiger charge is -2.05. The molecule has 1 aromatic rings. The van der Waals surface area contributed by atoms with Crippen LogP contribution in [0.2, 0.25) is 0 Å². The zero-order valence-electron chi connectivity index (χ0n) is 6.85. The Bertz CT molecular complexity index is 283. The van der Waals surface area contributed by atoms with E-state index in [1.165, 1.54) is 39.9 Å². The van der Waals surface area contributed by atoms with Gasteiger partial charge in [0.15, 0.2) is 0 Å². The fourth-order valence-corrected chi connectivity index (χ4v) is 3.33. The molecule has 0 bridgehead atoms. The van der Waals surface area contributed by atoms with E-state index in [9.17, 15) is 0 Å². The van der Waals surface area contributed by atoms with Crippen LogP contribution < -0.4 is 0 Å². The first-order chi connectivity index (χ1) is 5.88. The Labute approximate surface area is 85.9 Å². The number of halogens is 1. The largest absolute Gasteiger partial charge is 0.126 e. The second kappa shape index (κ2) is 3.84. The van der Waals surface area contributed by atoms with E-state index in [0.717, 1.165) is 0 Å². The highest BCUT2D eigenvalue weighted by Gasteiger charge is 2.09. The lowest BCUT2D eigenvalue weighted by atomic mass is 10.1. The van der Waals surface area contributed by atoms with Gasteiger partial charge in [-0.1, -0.05) is 22.0 Å². The van der Waals surface area contributed by atoms with Gasteiger partial charge in [0.2, 0.25) is 0 Å². The lowest BCUT2D eigenvalue weighted by Crippen LogP contribution is -1.86. The van der Waals surface area contributed by atoms with Crippen LogP contribution in [0.1, 0.15) is 18.4 Å². The summed E-state index contributed by atoms with van der Waals surface area (Å²) < 4.78 is 1.29. The van der Waals surface area contributed by atoms with Crippen molar-refractivity contribution < 1.29 is 0 Å². The molecule has 0 saturated carbocycles. The number of hydrogen-bond acceptors (Lipinski definition) is 1. The predicted octanol–water partition coefficient (Wildman–Crippen LogP) is 3.88. The maximum Gasteiger partial charge on any atom is 0.0218 e. The molecule has 2 rings (SSSR count). The Hall–Kier alpha value is 0.0500. The van der Waals surface area contributed by atoms with Crippen LogP contribution in [-0.4, -0.2) is 5.75 Å². The summed E-state index contributed by atoms with van der Waals surface area (Å²) in [6.07, 6.45) is 3.93. The van der Waals surface area contributed by atoms with Gasteiger partial charge in [-0.15, -0.1) is 11.8 Å². The van der Waals surface area contributed by atoms with Crippen LogP contribution in [0, 0.1) is 0 Å². The molecule has 2 heteroatoms. The summed E-state index contributed by atoms with van der Waals surface area (Å²) in [4.78, 5) is 1.47. The fourth-order valence-electron chi connectivity index (χ4n) is 1.50. The maximum atomic E-state index is 3.60. The molecule has 1 aliphatic rings. The van der Waals surface area contributed by atoms with Gasteiger partial charge in [-0.05, 0) is 42.7 Å². The first-order valence-electron chi connectivity index (χ1n) is 4.28. The predicted molar refractivity (Wildman–Crippen MR) is 57.8 cm³/mol. The van der Waals surface area contributed by atoms with E-state index >= 15 is 0 Å². The van der Waals surface area contributed by atoms with Crippen molar-refractivity contribution in [2.45, 2.75) is 24.2 Å². The molecule has 0 aromatic heterocycles. The molecule has 64 valence electrons. The third-order valence-electron chi connectivity index (χ3n) is 2.15. The van der Waals surface area contributed by atoms with Gasteiger partial charge < -0.3 is 0 Å². The van der Waals surface area contributed by atoms with Crippen molar-refractivity contribution in [3.63, 3.8) is 0 Å². The van der Waals surface area contributed by atoms with Crippen molar-refractivity contribution in [1.82, 2.24) is 0 Å². The summed E-state index contributed by atoms with van der Waals surface area (Å²) >= 11 is 5.60. The van der Waals surface area contributed by atoms with E-state index in [2.05, 4.69) is 34.1 Å². The van der Waals surface area contributed by atoms with E-state index in [1.54, 1.807) is 0 Å². The molecule has 0 saturated heterocycles. The zero-order chi connectivity index (χ0) is 8.39. The van der Waals surface area contributed by atoms with Crippen LogP contribution in [0.15, 0.2) is 27.6 Å². The molecule has 0 spiro atoms. The van der Waals surface area contributed by atoms with Crippen molar-refractivity contribution in [3.05, 3.63) is 28.2 Å². The van der Waals surface area contributed by atoms with Crippen LogP contribution in [0.4, 0.5) is 0 Å². The molecule has 1 aromatic carbocycles. The first kappa shape index (κ1) is 8.64. The van der Waals surface area contributed by atoms with Crippen LogP contribution in [0.25, 0.3) is 0 Å². The minimum Gasteiger partial charge on any atom is -0.126 e. The minimum absolute atomic E-state index is 1.24. The zero-order valence-corrected chi connectivity index (χ0v) is 9.25. The van der Waals surface area contributed by atoms with Gasteiger partial charge in [-0.3, -0.25) is 0 Å². The molecular weight excluding hydrogens is 232 g/mol. The number of rotatable bonds is 0. The van der Waals surface area contributed by atoms with Crippen LogP contribution >= 0.6 is 27.7 Å². The quantitative estimate of drug-likeness (QED) is 0.666. The molecule has 1 aliphatic heterocycles. The average molecular weight is 243 g/mol. The van der Waals surface area contributed by atoms with Gasteiger partial charge in [-0.2, -0.15) is 0 Å². The summed E-state index contributed by atoms with van der Waals surface area (Å²) in [6, 6.07) is 6.50. The van der Waals surface area contributed by atoms with Gasteiger partial charge in [0, 0.05) is 9.37 Å². The number of hydrogen-bond donors (Lipinski definition) is 0. The Morgan fingerprint density at radius 1 is 1.25 bits per heavy atom. The Kier molecular flexibility index (Phi) is 2.76. The van der Waals surface area contributed by atoms with Crippen molar-refractivity contribution >= 4 is 27.7 Å². The van der Waals surface area contributed by atoms with Crippen molar-refractivity contribution in [2.24, 2.45) is 0 Å². The highest BCUT2D eigenvalue weighted by molar-refractivity contribution is 9.10. The van der Waals surface area contributed by atoms with Gasteiger partial charge in [-0.25, -0.2) is 0 Å². The molecule has 0 amide bonds. The van der Waals surface area contributed by atoms with Gasteiger partial charge >= 0.3 is 0 Å². The molecule has 12 heavy (non-hydrogen) atoms. The van der Waals surface area contributed by atoms with Crippen molar-refractivity contribution in [1.29, 1.82) is 0 Å². The minimum atomic E-state index is 1.24. The van der Waals surface area contributed by atoms with Gasteiger partial charge in [0.05, 0.1) is 0 Å². The maximum absolute atomic E-state index is 3.60. The summed E-state index contributed by atoms with van der Waals surface area (Å²) in [6.45, 7) is 0. The Morgan fingerprint density at radius 3 is 3.08 bits per heavy atom. The smallest absolute Gasteiger partial charge is 0.0218 e. The summed E-state index contributed by atoms with van der Waals surface area (Å²) in [7, 11) is 0. The Morgan fingerprint density at radius 2 is 2.17 bits per heavy atom. The fraction of sp³-hybridized carbons (Fsp3) is 0.400. The molecule has 0 radical (unpaired) electrons. The van der Waals surface area contributed by atoms with Crippen LogP contribution in [0.3, 0.4) is 0 Å². The highest BCUT2D eigenvalue weighted by Crippen LogP contribution is 2.33. The number of benzene rings is 1. The molecule has 0 fully saturated rings. The molecule has 0 atom stereocenters. The topological polar surface area (TPSA) is 0 Å². The lowest BCUT2D eigenvalue weighted by molar-refractivity contribution is 0.801. The van der Waals surface area contributed by atoms with Crippen LogP contribution in [-0.2, 0) is 6.42 Å². The van der Waals surface area contributed by atoms with Gasteiger partial charge in [0.1, 0.15) is 0 Å². The number of fused-ring (bicyclic) bond motifs is 1. The summed E-state index contributed by atoms with van der Waals surface area (Å²) in [5, 5.41) is 0. The molecule has 0 N–H and O–H groups in total. The summed E-state index contributed by atoms with van der Waals surface area (Å²) in [5.74, 6) is 1.28. The van der Waals surface area contributed by atoms with E-state index in [4.69, 9.17) is 0 Å². The van der Waals surface area contributed by atoms with Gasteiger partial charge in [0.25, 0.3) is 0 Å². The van der Waals surface area contributed by atoms with Crippen molar-refractivity contribution in [2.75, 3.05) is 5.75 Å². The second-order valence-electron chi connectivity index (χ2n) is 3.02. The van der Waals surface area contributed by atoms with E-state index < -0.39 is 0 Å². The first-order valence-corrected chi connectivity index (χ1v) is 6.06. The summed E-state index contributed by atoms with van der Waals surface area (Å²) in [5.41, 5.74) is 1.51. The number of thioether (sulfide) groups is 1. The van der Waals surface area contributed by atoms with Crippen LogP contribution in [0.5, 0.6) is 0 Å². The SMILES string of the molecule is Brc1cccc2c1CCCCS2. The standard InChI is InChI=1S/C10H11BrS/c11-9-5-3-6-10-8(9)4-1-2-7-12-10/h3,5-6H,1-2,4,7H2.